The average molecular weight is 430 g/mol. The molecule has 2 aromatic rings. The first-order valence-electron chi connectivity index (χ1n) is 8.27. The maximum atomic E-state index is 12.9. The smallest absolute Gasteiger partial charge is 0.261 e. The van der Waals surface area contributed by atoms with Crippen molar-refractivity contribution in [2.75, 3.05) is 24.4 Å². The molecule has 1 aliphatic rings. The number of nitrogens with one attached hydrogen (secondary N) is 2. The lowest BCUT2D eigenvalue weighted by Gasteiger charge is -2.32. The van der Waals surface area contributed by atoms with Gasteiger partial charge in [0.1, 0.15) is 0 Å². The monoisotopic (exact) mass is 429 g/mol. The van der Waals surface area contributed by atoms with Crippen LogP contribution in [-0.4, -0.2) is 44.9 Å². The molecule has 9 heteroatoms. The number of sulfonamides is 1. The summed E-state index contributed by atoms with van der Waals surface area (Å²) in [6, 6.07) is 12.8. The number of hydrogen-bond acceptors (Lipinski definition) is 4. The van der Waals surface area contributed by atoms with Crippen LogP contribution in [0.3, 0.4) is 0 Å². The van der Waals surface area contributed by atoms with E-state index in [0.717, 1.165) is 0 Å². The maximum Gasteiger partial charge on any atom is 0.261 e. The van der Waals surface area contributed by atoms with Crippen LogP contribution < -0.4 is 10.0 Å². The highest BCUT2D eigenvalue weighted by atomic mass is 35.5. The van der Waals surface area contributed by atoms with Crippen LogP contribution in [0.15, 0.2) is 53.4 Å². The molecule has 0 aromatic heterocycles. The van der Waals surface area contributed by atoms with Gasteiger partial charge in [0.25, 0.3) is 15.9 Å². The van der Waals surface area contributed by atoms with Gasteiger partial charge in [-0.25, -0.2) is 8.42 Å². The molecule has 0 radical (unpaired) electrons. The number of amides is 1. The van der Waals surface area contributed by atoms with Crippen LogP contribution in [0.5, 0.6) is 0 Å². The summed E-state index contributed by atoms with van der Waals surface area (Å²) in [7, 11) is -3.82. The van der Waals surface area contributed by atoms with Gasteiger partial charge < -0.3 is 10.2 Å². The van der Waals surface area contributed by atoms with Gasteiger partial charge in [0.15, 0.2) is 0 Å². The van der Waals surface area contributed by atoms with Gasteiger partial charge in [-0.2, -0.15) is 0 Å². The van der Waals surface area contributed by atoms with E-state index in [1.807, 2.05) is 6.92 Å². The average Bonchev–Trinajstić information content (AvgIpc) is 2.62. The summed E-state index contributed by atoms with van der Waals surface area (Å²) in [5.74, 6) is -0.222. The van der Waals surface area contributed by atoms with Crippen LogP contribution in [0, 0.1) is 0 Å². The summed E-state index contributed by atoms with van der Waals surface area (Å²) in [6.07, 6.45) is 0. The number of benzene rings is 2. The highest BCUT2D eigenvalue weighted by molar-refractivity contribution is 7.92. The number of halogens is 2. The summed E-state index contributed by atoms with van der Waals surface area (Å²) in [4.78, 5) is 14.8. The molecule has 1 aliphatic heterocycles. The molecule has 27 heavy (non-hydrogen) atoms. The van der Waals surface area contributed by atoms with Crippen LogP contribution in [0.25, 0.3) is 0 Å². The van der Waals surface area contributed by atoms with Crippen molar-refractivity contribution >= 4 is 45.6 Å². The topological polar surface area (TPSA) is 78.5 Å². The molecule has 1 heterocycles. The normalized spacial score (nSPS) is 17.1. The van der Waals surface area contributed by atoms with Gasteiger partial charge in [0.2, 0.25) is 0 Å². The third-order valence-corrected chi connectivity index (χ3v) is 5.78. The Hall–Kier alpha value is -1.80. The largest absolute Gasteiger partial charge is 0.336 e. The minimum absolute atomic E-state index is 0. The van der Waals surface area contributed by atoms with Crippen LogP contribution in [0.4, 0.5) is 5.69 Å². The van der Waals surface area contributed by atoms with E-state index < -0.39 is 10.0 Å². The van der Waals surface area contributed by atoms with E-state index in [-0.39, 0.29) is 40.5 Å². The lowest BCUT2D eigenvalue weighted by atomic mass is 10.1. The molecule has 0 aliphatic carbocycles. The van der Waals surface area contributed by atoms with Gasteiger partial charge >= 0.3 is 0 Å². The molecule has 0 saturated carbocycles. The van der Waals surface area contributed by atoms with Crippen molar-refractivity contribution in [2.45, 2.75) is 17.9 Å². The maximum absolute atomic E-state index is 12.9. The minimum atomic E-state index is -3.82. The van der Waals surface area contributed by atoms with Crippen molar-refractivity contribution in [3.63, 3.8) is 0 Å². The Bertz CT molecular complexity index is 907. The van der Waals surface area contributed by atoms with E-state index in [4.69, 9.17) is 11.6 Å². The molecule has 2 N–H and O–H groups in total. The van der Waals surface area contributed by atoms with Crippen LogP contribution in [0.1, 0.15) is 17.3 Å². The van der Waals surface area contributed by atoms with Gasteiger partial charge in [0, 0.05) is 30.7 Å². The first-order valence-corrected chi connectivity index (χ1v) is 10.1. The second kappa shape index (κ2) is 8.93. The standard InChI is InChI=1S/C18H20ClN3O3S.ClH/c1-13-12-22(10-9-20-13)18(23)16-8-7-14(19)11-17(16)21-26(24,25)15-5-3-2-4-6-15;/h2-8,11,13,20-21H,9-10,12H2,1H3;1H. The number of piperazine rings is 1. The zero-order valence-electron chi connectivity index (χ0n) is 14.7. The molecule has 0 bridgehead atoms. The molecule has 0 spiro atoms. The second-order valence-corrected chi connectivity index (χ2v) is 8.33. The fraction of sp³-hybridized carbons (Fsp3) is 0.278. The lowest BCUT2D eigenvalue weighted by Crippen LogP contribution is -2.51. The molecular weight excluding hydrogens is 409 g/mol. The Balaban J connectivity index is 0.00000261. The molecule has 1 unspecified atom stereocenters. The van der Waals surface area contributed by atoms with E-state index in [2.05, 4.69) is 10.0 Å². The van der Waals surface area contributed by atoms with E-state index in [1.54, 1.807) is 35.2 Å². The first kappa shape index (κ1) is 21.5. The van der Waals surface area contributed by atoms with Crippen molar-refractivity contribution in [1.29, 1.82) is 0 Å². The number of hydrogen-bond donors (Lipinski definition) is 2. The van der Waals surface area contributed by atoms with E-state index in [1.165, 1.54) is 18.2 Å². The first-order chi connectivity index (χ1) is 12.4. The van der Waals surface area contributed by atoms with Crippen molar-refractivity contribution in [2.24, 2.45) is 0 Å². The SMILES string of the molecule is CC1CN(C(=O)c2ccc(Cl)cc2NS(=O)(=O)c2ccccc2)CCN1.Cl. The zero-order valence-corrected chi connectivity index (χ0v) is 17.1. The number of anilines is 1. The van der Waals surface area contributed by atoms with Crippen LogP contribution in [0.2, 0.25) is 5.02 Å². The summed E-state index contributed by atoms with van der Waals surface area (Å²) >= 11 is 6.04. The molecule has 2 aromatic carbocycles. The Morgan fingerprint density at radius 2 is 1.93 bits per heavy atom. The zero-order chi connectivity index (χ0) is 18.7. The Morgan fingerprint density at radius 3 is 2.59 bits per heavy atom. The number of carbonyl (C=O) groups is 1. The Morgan fingerprint density at radius 1 is 1.22 bits per heavy atom. The Labute approximate surface area is 170 Å². The third-order valence-electron chi connectivity index (χ3n) is 4.17. The molecule has 3 rings (SSSR count). The van der Waals surface area contributed by atoms with Crippen molar-refractivity contribution in [3.8, 4) is 0 Å². The Kier molecular flexibility index (Phi) is 7.11. The van der Waals surface area contributed by atoms with Gasteiger partial charge in [-0.15, -0.1) is 12.4 Å². The predicted octanol–water partition coefficient (Wildman–Crippen LogP) is 3.00. The molecule has 1 saturated heterocycles. The minimum Gasteiger partial charge on any atom is -0.336 e. The number of nitrogens with zero attached hydrogens (tertiary/aromatic N) is 1. The molecule has 6 nitrogen and oxygen atoms in total. The van der Waals surface area contributed by atoms with Crippen molar-refractivity contribution in [3.05, 3.63) is 59.1 Å². The van der Waals surface area contributed by atoms with Gasteiger partial charge in [-0.05, 0) is 37.3 Å². The number of carbonyl (C=O) groups excluding carboxylic acids is 1. The van der Waals surface area contributed by atoms with Crippen LogP contribution in [-0.2, 0) is 10.0 Å². The molecule has 1 fully saturated rings. The van der Waals surface area contributed by atoms with Crippen molar-refractivity contribution < 1.29 is 13.2 Å². The van der Waals surface area contributed by atoms with E-state index in [9.17, 15) is 13.2 Å². The molecule has 1 atom stereocenters. The molecular formula is C18H21Cl2N3O3S. The predicted molar refractivity (Wildman–Crippen MR) is 109 cm³/mol. The fourth-order valence-electron chi connectivity index (χ4n) is 2.88. The summed E-state index contributed by atoms with van der Waals surface area (Å²) < 4.78 is 27.8. The van der Waals surface area contributed by atoms with Gasteiger partial charge in [-0.1, -0.05) is 29.8 Å². The summed E-state index contributed by atoms with van der Waals surface area (Å²) in [5, 5.41) is 3.62. The van der Waals surface area contributed by atoms with Gasteiger partial charge in [-0.3, -0.25) is 9.52 Å². The summed E-state index contributed by atoms with van der Waals surface area (Å²) in [5.41, 5.74) is 0.459. The third kappa shape index (κ3) is 5.13. The highest BCUT2D eigenvalue weighted by Gasteiger charge is 2.25. The lowest BCUT2D eigenvalue weighted by molar-refractivity contribution is 0.0710. The highest BCUT2D eigenvalue weighted by Crippen LogP contribution is 2.25. The van der Waals surface area contributed by atoms with Crippen LogP contribution >= 0.6 is 24.0 Å². The van der Waals surface area contributed by atoms with Crippen molar-refractivity contribution in [1.82, 2.24) is 10.2 Å². The molecule has 1 amide bonds. The number of rotatable bonds is 4. The quantitative estimate of drug-likeness (QED) is 0.782. The van der Waals surface area contributed by atoms with E-state index >= 15 is 0 Å². The molecule has 146 valence electrons. The second-order valence-electron chi connectivity index (χ2n) is 6.21. The van der Waals surface area contributed by atoms with E-state index in [0.29, 0.717) is 24.7 Å². The fourth-order valence-corrected chi connectivity index (χ4v) is 4.14. The van der Waals surface area contributed by atoms with Gasteiger partial charge in [0.05, 0.1) is 16.1 Å². The summed E-state index contributed by atoms with van der Waals surface area (Å²) in [6.45, 7) is 3.83.